The average molecular weight is 371 g/mol. The first kappa shape index (κ1) is 18.3. The van der Waals surface area contributed by atoms with Crippen molar-refractivity contribution in [3.63, 3.8) is 0 Å². The van der Waals surface area contributed by atoms with Gasteiger partial charge in [-0.05, 0) is 24.8 Å². The number of non-ortho nitro benzene ring substituents is 1. The summed E-state index contributed by atoms with van der Waals surface area (Å²) in [5.74, 6) is -2.27. The van der Waals surface area contributed by atoms with Crippen LogP contribution in [-0.2, 0) is 11.2 Å². The number of alkyl halides is 3. The molecule has 1 heterocycles. The molecule has 2 atom stereocenters. The Balaban J connectivity index is 1.86. The van der Waals surface area contributed by atoms with Gasteiger partial charge in [0.2, 0.25) is 5.91 Å². The first-order chi connectivity index (χ1) is 12.1. The number of amides is 1. The summed E-state index contributed by atoms with van der Waals surface area (Å²) in [6, 6.07) is 4.90. The number of rotatable bonds is 3. The fraction of sp³-hybridized carbons (Fsp3) is 0.500. The number of hydrogen-bond donors (Lipinski definition) is 1. The molecule has 0 spiro atoms. The summed E-state index contributed by atoms with van der Waals surface area (Å²) in [6.45, 7) is 0. The van der Waals surface area contributed by atoms with E-state index in [2.05, 4.69) is 5.10 Å². The lowest BCUT2D eigenvalue weighted by molar-refractivity contribution is -0.384. The highest BCUT2D eigenvalue weighted by molar-refractivity contribution is 5.93. The monoisotopic (exact) mass is 371 g/mol. The zero-order chi connectivity index (χ0) is 19.1. The minimum absolute atomic E-state index is 0.107. The fourth-order valence-electron chi connectivity index (χ4n) is 3.45. The third kappa shape index (κ3) is 2.94. The Morgan fingerprint density at radius 1 is 1.35 bits per heavy atom. The maximum Gasteiger partial charge on any atom is 0.439 e. The van der Waals surface area contributed by atoms with E-state index in [0.29, 0.717) is 24.8 Å². The van der Waals surface area contributed by atoms with Gasteiger partial charge in [0.1, 0.15) is 0 Å². The van der Waals surface area contributed by atoms with Crippen molar-refractivity contribution in [1.82, 2.24) is 5.01 Å². The van der Waals surface area contributed by atoms with Gasteiger partial charge in [-0.1, -0.05) is 18.6 Å². The van der Waals surface area contributed by atoms with Crippen LogP contribution in [0.1, 0.15) is 31.2 Å². The van der Waals surface area contributed by atoms with Gasteiger partial charge in [-0.2, -0.15) is 23.3 Å². The lowest BCUT2D eigenvalue weighted by Gasteiger charge is -2.38. The van der Waals surface area contributed by atoms with Gasteiger partial charge in [0.25, 0.3) is 11.4 Å². The van der Waals surface area contributed by atoms with Crippen molar-refractivity contribution < 1.29 is 28.0 Å². The number of carbonyl (C=O) groups excluding carboxylic acids is 1. The summed E-state index contributed by atoms with van der Waals surface area (Å²) < 4.78 is 40.8. The quantitative estimate of drug-likeness (QED) is 0.653. The normalized spacial score (nSPS) is 25.6. The first-order valence-corrected chi connectivity index (χ1v) is 8.07. The summed E-state index contributed by atoms with van der Waals surface area (Å²) in [6.07, 6.45) is -3.91. The van der Waals surface area contributed by atoms with Gasteiger partial charge in [-0.15, -0.1) is 0 Å². The summed E-state index contributed by atoms with van der Waals surface area (Å²) >= 11 is 0. The van der Waals surface area contributed by atoms with Gasteiger partial charge >= 0.3 is 6.18 Å². The summed E-state index contributed by atoms with van der Waals surface area (Å²) in [5.41, 5.74) is -3.06. The van der Waals surface area contributed by atoms with Crippen LogP contribution in [0, 0.1) is 16.0 Å². The fourth-order valence-corrected chi connectivity index (χ4v) is 3.45. The van der Waals surface area contributed by atoms with E-state index < -0.39 is 35.1 Å². The molecule has 1 N–H and O–H groups in total. The molecular weight excluding hydrogens is 355 g/mol. The molecule has 3 rings (SSSR count). The van der Waals surface area contributed by atoms with Crippen molar-refractivity contribution in [3.05, 3.63) is 39.9 Å². The maximum absolute atomic E-state index is 13.6. The van der Waals surface area contributed by atoms with E-state index in [4.69, 9.17) is 0 Å². The molecule has 1 aliphatic carbocycles. The summed E-state index contributed by atoms with van der Waals surface area (Å²) in [4.78, 5) is 22.5. The zero-order valence-corrected chi connectivity index (χ0v) is 13.6. The molecule has 7 nitrogen and oxygen atoms in total. The number of benzene rings is 1. The smallest absolute Gasteiger partial charge is 0.362 e. The molecule has 0 saturated heterocycles. The molecule has 2 aliphatic rings. The Morgan fingerprint density at radius 3 is 2.58 bits per heavy atom. The minimum atomic E-state index is -5.05. The Kier molecular flexibility index (Phi) is 4.47. The van der Waals surface area contributed by atoms with E-state index in [9.17, 15) is 33.2 Å². The maximum atomic E-state index is 13.6. The predicted molar refractivity (Wildman–Crippen MR) is 84.0 cm³/mol. The van der Waals surface area contributed by atoms with E-state index in [0.717, 1.165) is 12.1 Å². The second kappa shape index (κ2) is 6.35. The third-order valence-electron chi connectivity index (χ3n) is 4.77. The molecule has 0 bridgehead atoms. The van der Waals surface area contributed by atoms with Crippen LogP contribution in [-0.4, -0.2) is 38.6 Å². The Morgan fingerprint density at radius 2 is 2.00 bits per heavy atom. The van der Waals surface area contributed by atoms with Gasteiger partial charge < -0.3 is 5.11 Å². The number of nitrogens with zero attached hydrogens (tertiary/aromatic N) is 3. The molecule has 26 heavy (non-hydrogen) atoms. The summed E-state index contributed by atoms with van der Waals surface area (Å²) in [7, 11) is 0. The third-order valence-corrected chi connectivity index (χ3v) is 4.77. The van der Waals surface area contributed by atoms with Crippen molar-refractivity contribution in [2.24, 2.45) is 11.0 Å². The number of fused-ring (bicyclic) bond motifs is 1. The number of hydrogen-bond acceptors (Lipinski definition) is 5. The van der Waals surface area contributed by atoms with Crippen LogP contribution in [0.15, 0.2) is 29.4 Å². The molecule has 1 saturated carbocycles. The summed E-state index contributed by atoms with van der Waals surface area (Å²) in [5, 5.41) is 25.0. The number of nitro groups is 1. The Hall–Kier alpha value is -2.49. The van der Waals surface area contributed by atoms with Crippen molar-refractivity contribution >= 4 is 17.3 Å². The SMILES string of the molecule is O=C(Cc1ccc([N+](=O)[O-])cc1)N1N=C2CCCC[C@@H]2[C@@]1(O)C(F)(F)F. The predicted octanol–water partition coefficient (Wildman–Crippen LogP) is 2.78. The van der Waals surface area contributed by atoms with E-state index in [1.54, 1.807) is 0 Å². The van der Waals surface area contributed by atoms with E-state index in [1.807, 2.05) is 0 Å². The molecule has 1 aromatic carbocycles. The number of halogens is 3. The highest BCUT2D eigenvalue weighted by Gasteiger charge is 2.68. The minimum Gasteiger partial charge on any atom is -0.362 e. The zero-order valence-electron chi connectivity index (χ0n) is 13.6. The molecule has 1 fully saturated rings. The van der Waals surface area contributed by atoms with Crippen molar-refractivity contribution in [2.75, 3.05) is 0 Å². The molecule has 1 aromatic rings. The van der Waals surface area contributed by atoms with Gasteiger partial charge in [-0.3, -0.25) is 14.9 Å². The first-order valence-electron chi connectivity index (χ1n) is 8.07. The van der Waals surface area contributed by atoms with Gasteiger partial charge in [0.05, 0.1) is 17.3 Å². The van der Waals surface area contributed by atoms with Crippen LogP contribution in [0.5, 0.6) is 0 Å². The van der Waals surface area contributed by atoms with Gasteiger partial charge in [0.15, 0.2) is 0 Å². The second-order valence-corrected chi connectivity index (χ2v) is 6.42. The number of hydrazone groups is 1. The lowest BCUT2D eigenvalue weighted by Crippen LogP contribution is -2.61. The van der Waals surface area contributed by atoms with Crippen LogP contribution in [0.4, 0.5) is 18.9 Å². The van der Waals surface area contributed by atoms with Crippen molar-refractivity contribution in [3.8, 4) is 0 Å². The molecule has 0 aromatic heterocycles. The molecule has 0 radical (unpaired) electrons. The highest BCUT2D eigenvalue weighted by Crippen LogP contribution is 2.48. The van der Waals surface area contributed by atoms with Crippen LogP contribution in [0.25, 0.3) is 0 Å². The van der Waals surface area contributed by atoms with Gasteiger partial charge in [0, 0.05) is 17.8 Å². The number of carbonyl (C=O) groups is 1. The van der Waals surface area contributed by atoms with E-state index in [-0.39, 0.29) is 22.8 Å². The molecular formula is C16H16F3N3O4. The van der Waals surface area contributed by atoms with Crippen molar-refractivity contribution in [1.29, 1.82) is 0 Å². The molecule has 140 valence electrons. The van der Waals surface area contributed by atoms with Crippen LogP contribution in [0.3, 0.4) is 0 Å². The Labute approximate surface area is 146 Å². The molecule has 1 aliphatic heterocycles. The van der Waals surface area contributed by atoms with Crippen molar-refractivity contribution in [2.45, 2.75) is 44.0 Å². The Bertz CT molecular complexity index is 763. The lowest BCUT2D eigenvalue weighted by atomic mass is 9.80. The topological polar surface area (TPSA) is 96.0 Å². The number of nitro benzene ring substituents is 1. The molecule has 10 heteroatoms. The van der Waals surface area contributed by atoms with Crippen LogP contribution >= 0.6 is 0 Å². The van der Waals surface area contributed by atoms with E-state index >= 15 is 0 Å². The second-order valence-electron chi connectivity index (χ2n) is 6.42. The van der Waals surface area contributed by atoms with E-state index in [1.165, 1.54) is 12.1 Å². The van der Waals surface area contributed by atoms with Gasteiger partial charge in [-0.25, -0.2) is 0 Å². The molecule has 1 amide bonds. The standard InChI is InChI=1S/C16H16F3N3O4/c17-16(18,19)15(24)12-3-1-2-4-13(12)20-21(15)14(23)9-10-5-7-11(8-6-10)22(25)26/h5-8,12,24H,1-4,9H2/t12-,15+/m0/s1. The van der Waals surface area contributed by atoms with Crippen LogP contribution in [0.2, 0.25) is 0 Å². The van der Waals surface area contributed by atoms with Crippen LogP contribution < -0.4 is 0 Å². The number of aliphatic hydroxyl groups is 1. The molecule has 0 unspecified atom stereocenters. The largest absolute Gasteiger partial charge is 0.439 e. The average Bonchev–Trinajstić information content (AvgIpc) is 2.90. The highest BCUT2D eigenvalue weighted by atomic mass is 19.4.